The van der Waals surface area contributed by atoms with E-state index >= 15 is 0 Å². The molecule has 0 spiro atoms. The van der Waals surface area contributed by atoms with Crippen LogP contribution in [0, 0.1) is 12.8 Å². The first kappa shape index (κ1) is 24.4. The highest BCUT2D eigenvalue weighted by molar-refractivity contribution is 5.91. The Hall–Kier alpha value is -3.69. The number of anilines is 3. The van der Waals surface area contributed by atoms with Crippen molar-refractivity contribution in [3.63, 3.8) is 0 Å². The summed E-state index contributed by atoms with van der Waals surface area (Å²) in [5.74, 6) is 1.45. The third kappa shape index (κ3) is 5.06. The second kappa shape index (κ2) is 9.52. The highest BCUT2D eigenvalue weighted by Gasteiger charge is 2.29. The van der Waals surface area contributed by atoms with E-state index in [4.69, 9.17) is 9.72 Å². The number of pyridine rings is 2. The molecule has 0 aliphatic heterocycles. The van der Waals surface area contributed by atoms with E-state index < -0.39 is 6.09 Å². The summed E-state index contributed by atoms with van der Waals surface area (Å²) < 4.78 is 5.89. The van der Waals surface area contributed by atoms with Crippen LogP contribution in [0.2, 0.25) is 0 Å². The molecule has 1 saturated carbocycles. The van der Waals surface area contributed by atoms with Gasteiger partial charge in [0.2, 0.25) is 0 Å². The van der Waals surface area contributed by atoms with Crippen LogP contribution >= 0.6 is 0 Å². The highest BCUT2D eigenvalue weighted by atomic mass is 16.5. The SMILES string of the molecule is COC(=O)C1CCC(Nc2nc(Nc3nn(C(=O)O)c(C)c3C(C)(C)C)cc3ncccc23)CC1. The van der Waals surface area contributed by atoms with Crippen molar-refractivity contribution in [2.45, 2.75) is 64.8 Å². The van der Waals surface area contributed by atoms with Crippen LogP contribution < -0.4 is 10.6 Å². The second-order valence-corrected chi connectivity index (χ2v) is 10.0. The van der Waals surface area contributed by atoms with Crippen LogP contribution in [0.15, 0.2) is 24.4 Å². The summed E-state index contributed by atoms with van der Waals surface area (Å²) >= 11 is 0. The van der Waals surface area contributed by atoms with Crippen molar-refractivity contribution in [2.75, 3.05) is 17.7 Å². The first-order valence-corrected chi connectivity index (χ1v) is 11.8. The summed E-state index contributed by atoms with van der Waals surface area (Å²) in [6, 6.07) is 5.83. The van der Waals surface area contributed by atoms with E-state index in [0.717, 1.165) is 46.8 Å². The van der Waals surface area contributed by atoms with Gasteiger partial charge in [-0.15, -0.1) is 5.10 Å². The van der Waals surface area contributed by atoms with Crippen molar-refractivity contribution in [2.24, 2.45) is 5.92 Å². The van der Waals surface area contributed by atoms with Crippen molar-refractivity contribution in [3.05, 3.63) is 35.7 Å². The van der Waals surface area contributed by atoms with E-state index in [0.29, 0.717) is 23.1 Å². The Kier molecular flexibility index (Phi) is 6.64. The minimum absolute atomic E-state index is 0.0548. The van der Waals surface area contributed by atoms with Crippen LogP contribution in [0.1, 0.15) is 57.7 Å². The van der Waals surface area contributed by atoms with Gasteiger partial charge in [-0.1, -0.05) is 20.8 Å². The summed E-state index contributed by atoms with van der Waals surface area (Å²) in [7, 11) is 1.43. The Morgan fingerprint density at radius 3 is 2.51 bits per heavy atom. The lowest BCUT2D eigenvalue weighted by Crippen LogP contribution is -2.30. The number of rotatable bonds is 5. The Bertz CT molecular complexity index is 1250. The van der Waals surface area contributed by atoms with Gasteiger partial charge in [0.1, 0.15) is 11.6 Å². The average molecular weight is 481 g/mol. The molecule has 1 aliphatic rings. The first-order chi connectivity index (χ1) is 16.6. The molecule has 0 unspecified atom stereocenters. The summed E-state index contributed by atoms with van der Waals surface area (Å²) in [6.07, 6.45) is 3.77. The van der Waals surface area contributed by atoms with Crippen LogP contribution in [-0.2, 0) is 14.9 Å². The zero-order valence-corrected chi connectivity index (χ0v) is 20.8. The molecule has 186 valence electrons. The Morgan fingerprint density at radius 1 is 1.17 bits per heavy atom. The lowest BCUT2D eigenvalue weighted by atomic mass is 9.86. The third-order valence-electron chi connectivity index (χ3n) is 6.50. The minimum atomic E-state index is -1.14. The highest BCUT2D eigenvalue weighted by Crippen LogP contribution is 2.35. The molecule has 1 aliphatic carbocycles. The Labute approximate surface area is 204 Å². The fourth-order valence-corrected chi connectivity index (χ4v) is 4.88. The van der Waals surface area contributed by atoms with Crippen molar-refractivity contribution in [1.82, 2.24) is 19.7 Å². The standard InChI is InChI=1S/C25H32N6O4/c1-14-20(25(2,3)4)22(30-31(14)24(33)34)29-19-13-18-17(7-6-12-26-18)21(28-19)27-16-10-8-15(9-11-16)23(32)35-5/h6-7,12-13,15-16H,8-11H2,1-5H3,(H,33,34)(H2,27,28,29,30). The quantitative estimate of drug-likeness (QED) is 0.439. The predicted molar refractivity (Wildman–Crippen MR) is 133 cm³/mol. The normalized spacial score (nSPS) is 18.3. The predicted octanol–water partition coefficient (Wildman–Crippen LogP) is 4.85. The molecule has 10 nitrogen and oxygen atoms in total. The van der Waals surface area contributed by atoms with Crippen LogP contribution in [0.4, 0.5) is 22.2 Å². The van der Waals surface area contributed by atoms with Gasteiger partial charge >= 0.3 is 12.1 Å². The van der Waals surface area contributed by atoms with Gasteiger partial charge in [-0.2, -0.15) is 4.68 Å². The number of aromatic nitrogens is 4. The number of fused-ring (bicyclic) bond motifs is 1. The molecule has 0 saturated heterocycles. The average Bonchev–Trinajstić information content (AvgIpc) is 3.15. The van der Waals surface area contributed by atoms with Crippen LogP contribution in [0.3, 0.4) is 0 Å². The molecule has 0 aromatic carbocycles. The van der Waals surface area contributed by atoms with Gasteiger partial charge in [0.25, 0.3) is 0 Å². The fourth-order valence-electron chi connectivity index (χ4n) is 4.88. The van der Waals surface area contributed by atoms with E-state index in [-0.39, 0.29) is 23.3 Å². The largest absolute Gasteiger partial charge is 0.469 e. The van der Waals surface area contributed by atoms with Crippen molar-refractivity contribution < 1.29 is 19.4 Å². The number of carboxylic acid groups (broad SMARTS) is 1. The van der Waals surface area contributed by atoms with Gasteiger partial charge in [-0.3, -0.25) is 9.78 Å². The third-order valence-corrected chi connectivity index (χ3v) is 6.50. The van der Waals surface area contributed by atoms with Crippen molar-refractivity contribution in [1.29, 1.82) is 0 Å². The number of nitrogens with one attached hydrogen (secondary N) is 2. The zero-order valence-electron chi connectivity index (χ0n) is 20.8. The Balaban J connectivity index is 1.66. The summed E-state index contributed by atoms with van der Waals surface area (Å²) in [4.78, 5) is 32.9. The monoisotopic (exact) mass is 480 g/mol. The van der Waals surface area contributed by atoms with E-state index in [1.54, 1.807) is 13.1 Å². The van der Waals surface area contributed by atoms with Gasteiger partial charge in [0.15, 0.2) is 5.82 Å². The fraction of sp³-hybridized carbons (Fsp3) is 0.480. The smallest absolute Gasteiger partial charge is 0.432 e. The molecule has 1 fully saturated rings. The maximum atomic E-state index is 11.9. The number of esters is 1. The molecule has 10 heteroatoms. The van der Waals surface area contributed by atoms with E-state index in [2.05, 4.69) is 20.7 Å². The molecule has 4 rings (SSSR count). The summed E-state index contributed by atoms with van der Waals surface area (Å²) in [6.45, 7) is 7.80. The van der Waals surface area contributed by atoms with E-state index in [1.165, 1.54) is 7.11 Å². The van der Waals surface area contributed by atoms with Gasteiger partial charge < -0.3 is 20.5 Å². The number of hydrogen-bond acceptors (Lipinski definition) is 8. The topological polar surface area (TPSA) is 131 Å². The van der Waals surface area contributed by atoms with Gasteiger partial charge in [0.05, 0.1) is 24.2 Å². The summed E-state index contributed by atoms with van der Waals surface area (Å²) in [5.41, 5.74) is 1.78. The molecular formula is C25H32N6O4. The molecule has 3 heterocycles. The number of methoxy groups -OCH3 is 1. The van der Waals surface area contributed by atoms with Crippen molar-refractivity contribution in [3.8, 4) is 0 Å². The molecule has 35 heavy (non-hydrogen) atoms. The van der Waals surface area contributed by atoms with Crippen LogP contribution in [0.25, 0.3) is 10.9 Å². The molecule has 3 N–H and O–H groups in total. The minimum Gasteiger partial charge on any atom is -0.469 e. The molecule has 0 radical (unpaired) electrons. The number of nitrogens with zero attached hydrogens (tertiary/aromatic N) is 4. The first-order valence-electron chi connectivity index (χ1n) is 11.8. The lowest BCUT2D eigenvalue weighted by molar-refractivity contribution is -0.146. The van der Waals surface area contributed by atoms with E-state index in [1.807, 2.05) is 39.0 Å². The molecule has 0 atom stereocenters. The second-order valence-electron chi connectivity index (χ2n) is 10.0. The maximum absolute atomic E-state index is 11.9. The molecule has 0 bridgehead atoms. The van der Waals surface area contributed by atoms with Gasteiger partial charge in [0, 0.05) is 29.3 Å². The van der Waals surface area contributed by atoms with Crippen molar-refractivity contribution >= 4 is 40.4 Å². The molecule has 0 amide bonds. The molecular weight excluding hydrogens is 448 g/mol. The lowest BCUT2D eigenvalue weighted by Gasteiger charge is -2.28. The van der Waals surface area contributed by atoms with Crippen LogP contribution in [0.5, 0.6) is 0 Å². The van der Waals surface area contributed by atoms with E-state index in [9.17, 15) is 14.7 Å². The number of ether oxygens (including phenoxy) is 1. The maximum Gasteiger partial charge on any atom is 0.432 e. The Morgan fingerprint density at radius 2 is 1.89 bits per heavy atom. The number of hydrogen-bond donors (Lipinski definition) is 3. The van der Waals surface area contributed by atoms with Crippen LogP contribution in [-0.4, -0.2) is 50.1 Å². The molecule has 3 aromatic heterocycles. The summed E-state index contributed by atoms with van der Waals surface area (Å²) in [5, 5.41) is 21.6. The number of carbonyl (C=O) groups is 2. The molecule has 3 aromatic rings. The zero-order chi connectivity index (χ0) is 25.3. The van der Waals surface area contributed by atoms with Gasteiger partial charge in [-0.05, 0) is 50.2 Å². The number of carbonyl (C=O) groups excluding carboxylic acids is 1. The van der Waals surface area contributed by atoms with Gasteiger partial charge in [-0.25, -0.2) is 9.78 Å².